The average Bonchev–Trinajstić information content (AvgIpc) is 2.81. The normalized spacial score (nSPS) is 17.7. The number of rotatable bonds is 4. The Kier molecular flexibility index (Phi) is 8.08. The molecule has 0 heterocycles. The molecular formula is C22H22Cl2N4O4. The van der Waals surface area contributed by atoms with Crippen LogP contribution in [0, 0.1) is 11.8 Å². The van der Waals surface area contributed by atoms with Crippen molar-refractivity contribution in [2.75, 3.05) is 0 Å². The molecule has 1 aliphatic rings. The Morgan fingerprint density at radius 1 is 0.594 bits per heavy atom. The highest BCUT2D eigenvalue weighted by atomic mass is 35.5. The number of benzene rings is 2. The fourth-order valence-corrected chi connectivity index (χ4v) is 3.93. The second-order valence-corrected chi connectivity index (χ2v) is 8.21. The third-order valence-electron chi connectivity index (χ3n) is 5.30. The number of hydrogen-bond donors (Lipinski definition) is 4. The molecule has 1 saturated carbocycles. The summed E-state index contributed by atoms with van der Waals surface area (Å²) >= 11 is 11.9. The minimum Gasteiger partial charge on any atom is -0.273 e. The first-order chi connectivity index (χ1) is 15.4. The number of hydrogen-bond acceptors (Lipinski definition) is 4. The largest absolute Gasteiger partial charge is 0.273 e. The monoisotopic (exact) mass is 476 g/mol. The van der Waals surface area contributed by atoms with Gasteiger partial charge < -0.3 is 0 Å². The zero-order valence-electron chi connectivity index (χ0n) is 17.0. The van der Waals surface area contributed by atoms with Crippen LogP contribution in [0.15, 0.2) is 48.5 Å². The molecule has 1 fully saturated rings. The highest BCUT2D eigenvalue weighted by molar-refractivity contribution is 6.34. The van der Waals surface area contributed by atoms with Crippen LogP contribution in [0.3, 0.4) is 0 Å². The summed E-state index contributed by atoms with van der Waals surface area (Å²) in [6.45, 7) is 0. The molecule has 2 aromatic rings. The van der Waals surface area contributed by atoms with E-state index in [1.54, 1.807) is 48.5 Å². The Balaban J connectivity index is 1.41. The SMILES string of the molecule is O=C(NNC(=O)C1CCC(C(=O)NNC(=O)c2ccccc2Cl)CC1)c1ccccc1Cl. The van der Waals surface area contributed by atoms with Gasteiger partial charge in [0.1, 0.15) is 0 Å². The van der Waals surface area contributed by atoms with Gasteiger partial charge in [-0.15, -0.1) is 0 Å². The Bertz CT molecular complexity index is 941. The molecule has 10 heteroatoms. The van der Waals surface area contributed by atoms with Crippen LogP contribution in [0.2, 0.25) is 10.0 Å². The smallest absolute Gasteiger partial charge is 0.271 e. The second kappa shape index (κ2) is 11.0. The fourth-order valence-electron chi connectivity index (χ4n) is 3.48. The number of nitrogens with one attached hydrogen (secondary N) is 4. The molecule has 32 heavy (non-hydrogen) atoms. The maximum Gasteiger partial charge on any atom is 0.271 e. The van der Waals surface area contributed by atoms with Crippen molar-refractivity contribution in [1.82, 2.24) is 21.7 Å². The van der Waals surface area contributed by atoms with Crippen LogP contribution in [0.4, 0.5) is 0 Å². The summed E-state index contributed by atoms with van der Waals surface area (Å²) in [7, 11) is 0. The van der Waals surface area contributed by atoms with E-state index in [0.717, 1.165) is 0 Å². The minimum absolute atomic E-state index is 0.258. The van der Waals surface area contributed by atoms with Gasteiger partial charge in [0.05, 0.1) is 21.2 Å². The van der Waals surface area contributed by atoms with Crippen molar-refractivity contribution in [3.05, 3.63) is 69.7 Å². The molecule has 0 unspecified atom stereocenters. The first-order valence-corrected chi connectivity index (χ1v) is 10.8. The van der Waals surface area contributed by atoms with Crippen LogP contribution >= 0.6 is 23.2 Å². The van der Waals surface area contributed by atoms with Crippen molar-refractivity contribution in [3.8, 4) is 0 Å². The van der Waals surface area contributed by atoms with E-state index in [2.05, 4.69) is 21.7 Å². The summed E-state index contributed by atoms with van der Waals surface area (Å²) in [6, 6.07) is 13.0. The number of halogens is 2. The Morgan fingerprint density at radius 3 is 1.28 bits per heavy atom. The Hall–Kier alpha value is -3.10. The lowest BCUT2D eigenvalue weighted by Crippen LogP contribution is -2.47. The van der Waals surface area contributed by atoms with Crippen LogP contribution in [-0.4, -0.2) is 23.6 Å². The number of carbonyl (C=O) groups is 4. The summed E-state index contributed by atoms with van der Waals surface area (Å²) in [5, 5.41) is 0.569. The van der Waals surface area contributed by atoms with Crippen molar-refractivity contribution in [2.24, 2.45) is 11.8 Å². The van der Waals surface area contributed by atoms with E-state index in [1.165, 1.54) is 0 Å². The quantitative estimate of drug-likeness (QED) is 0.507. The lowest BCUT2D eigenvalue weighted by atomic mass is 9.81. The number of hydrazine groups is 2. The molecule has 2 aromatic carbocycles. The number of amides is 4. The van der Waals surface area contributed by atoms with Crippen LogP contribution in [0.5, 0.6) is 0 Å². The molecule has 4 N–H and O–H groups in total. The van der Waals surface area contributed by atoms with E-state index in [1.807, 2.05) is 0 Å². The second-order valence-electron chi connectivity index (χ2n) is 7.39. The molecule has 3 rings (SSSR count). The van der Waals surface area contributed by atoms with Gasteiger partial charge in [-0.05, 0) is 49.9 Å². The van der Waals surface area contributed by atoms with Gasteiger partial charge in [0.15, 0.2) is 0 Å². The van der Waals surface area contributed by atoms with E-state index in [9.17, 15) is 19.2 Å². The van der Waals surface area contributed by atoms with E-state index in [0.29, 0.717) is 25.7 Å². The Labute approximate surface area is 195 Å². The first-order valence-electron chi connectivity index (χ1n) is 10.1. The topological polar surface area (TPSA) is 116 Å². The fraction of sp³-hybridized carbons (Fsp3) is 0.273. The molecule has 0 spiro atoms. The van der Waals surface area contributed by atoms with E-state index in [4.69, 9.17) is 23.2 Å². The van der Waals surface area contributed by atoms with Gasteiger partial charge in [-0.1, -0.05) is 47.5 Å². The summed E-state index contributed by atoms with van der Waals surface area (Å²) in [6.07, 6.45) is 1.91. The number of carbonyl (C=O) groups excluding carboxylic acids is 4. The van der Waals surface area contributed by atoms with Crippen molar-refractivity contribution >= 4 is 46.8 Å². The maximum atomic E-state index is 12.4. The maximum absolute atomic E-state index is 12.4. The first kappa shape index (κ1) is 23.6. The van der Waals surface area contributed by atoms with Gasteiger partial charge in [0.2, 0.25) is 11.8 Å². The van der Waals surface area contributed by atoms with Crippen LogP contribution in [-0.2, 0) is 9.59 Å². The van der Waals surface area contributed by atoms with Crippen molar-refractivity contribution < 1.29 is 19.2 Å². The van der Waals surface area contributed by atoms with Gasteiger partial charge in [-0.25, -0.2) is 0 Å². The molecular weight excluding hydrogens is 455 g/mol. The minimum atomic E-state index is -0.508. The van der Waals surface area contributed by atoms with E-state index < -0.39 is 11.8 Å². The molecule has 0 aromatic heterocycles. The summed E-state index contributed by atoms with van der Waals surface area (Å²) < 4.78 is 0. The molecule has 0 aliphatic heterocycles. The summed E-state index contributed by atoms with van der Waals surface area (Å²) in [5.41, 5.74) is 10.1. The molecule has 8 nitrogen and oxygen atoms in total. The predicted octanol–water partition coefficient (Wildman–Crippen LogP) is 3.02. The third kappa shape index (κ3) is 5.99. The highest BCUT2D eigenvalue weighted by Gasteiger charge is 2.30. The molecule has 0 radical (unpaired) electrons. The van der Waals surface area contributed by atoms with Crippen LogP contribution in [0.1, 0.15) is 46.4 Å². The highest BCUT2D eigenvalue weighted by Crippen LogP contribution is 2.29. The summed E-state index contributed by atoms with van der Waals surface area (Å²) in [4.78, 5) is 49.0. The van der Waals surface area contributed by atoms with E-state index >= 15 is 0 Å². The standard InChI is InChI=1S/C22H22Cl2N4O4/c23-17-7-3-1-5-15(17)21(31)27-25-19(29)13-9-11-14(12-10-13)20(30)26-28-22(32)16-6-2-4-8-18(16)24/h1-8,13-14H,9-12H2,(H,25,29)(H,26,30)(H,27,31)(H,28,32). The van der Waals surface area contributed by atoms with Gasteiger partial charge in [-0.2, -0.15) is 0 Å². The average molecular weight is 477 g/mol. The van der Waals surface area contributed by atoms with Crippen LogP contribution < -0.4 is 21.7 Å². The van der Waals surface area contributed by atoms with Gasteiger partial charge in [0.25, 0.3) is 11.8 Å². The third-order valence-corrected chi connectivity index (χ3v) is 5.96. The molecule has 0 bridgehead atoms. The lowest BCUT2D eigenvalue weighted by molar-refractivity contribution is -0.131. The molecule has 0 atom stereocenters. The molecule has 168 valence electrons. The predicted molar refractivity (Wildman–Crippen MR) is 120 cm³/mol. The van der Waals surface area contributed by atoms with Gasteiger partial charge >= 0.3 is 0 Å². The lowest BCUT2D eigenvalue weighted by Gasteiger charge is -2.27. The van der Waals surface area contributed by atoms with Crippen molar-refractivity contribution in [1.29, 1.82) is 0 Å². The van der Waals surface area contributed by atoms with Gasteiger partial charge in [0, 0.05) is 11.8 Å². The molecule has 4 amide bonds. The summed E-state index contributed by atoms with van der Waals surface area (Å²) in [5.74, 6) is -2.32. The zero-order valence-corrected chi connectivity index (χ0v) is 18.5. The molecule has 0 saturated heterocycles. The van der Waals surface area contributed by atoms with Crippen molar-refractivity contribution in [3.63, 3.8) is 0 Å². The zero-order chi connectivity index (χ0) is 23.1. The van der Waals surface area contributed by atoms with E-state index in [-0.39, 0.29) is 44.8 Å². The van der Waals surface area contributed by atoms with Gasteiger partial charge in [-0.3, -0.25) is 40.9 Å². The van der Waals surface area contributed by atoms with Crippen LogP contribution in [0.25, 0.3) is 0 Å². The Morgan fingerprint density at radius 2 is 0.938 bits per heavy atom. The molecule has 1 aliphatic carbocycles. The van der Waals surface area contributed by atoms with Crippen molar-refractivity contribution in [2.45, 2.75) is 25.7 Å².